The van der Waals surface area contributed by atoms with Crippen LogP contribution >= 0.6 is 0 Å². The van der Waals surface area contributed by atoms with Crippen LogP contribution in [0.2, 0.25) is 0 Å². The largest absolute Gasteiger partial charge is 0.496 e. The molecule has 2 heterocycles. The molecule has 1 saturated heterocycles. The van der Waals surface area contributed by atoms with Crippen molar-refractivity contribution in [3.8, 4) is 11.5 Å². The fourth-order valence-corrected chi connectivity index (χ4v) is 4.87. The van der Waals surface area contributed by atoms with Crippen molar-refractivity contribution in [1.82, 2.24) is 9.80 Å². The van der Waals surface area contributed by atoms with E-state index < -0.39 is 5.60 Å². The van der Waals surface area contributed by atoms with E-state index in [2.05, 4.69) is 6.07 Å². The number of nitrogens with zero attached hydrogens (tertiary/aromatic N) is 2. The summed E-state index contributed by atoms with van der Waals surface area (Å²) in [5, 5.41) is 0. The molecule has 2 aliphatic rings. The number of rotatable bonds is 3. The van der Waals surface area contributed by atoms with E-state index in [0.717, 1.165) is 25.0 Å². The van der Waals surface area contributed by atoms with Crippen LogP contribution in [0.1, 0.15) is 42.1 Å². The van der Waals surface area contributed by atoms with Gasteiger partial charge in [0.25, 0.3) is 11.8 Å². The second-order valence-electron chi connectivity index (χ2n) is 8.82. The highest BCUT2D eigenvalue weighted by Crippen LogP contribution is 2.31. The van der Waals surface area contributed by atoms with Gasteiger partial charge in [0.15, 0.2) is 5.60 Å². The van der Waals surface area contributed by atoms with E-state index in [9.17, 15) is 9.59 Å². The fraction of sp³-hybridized carbons (Fsp3) is 0.481. The normalized spacial score (nSPS) is 21.8. The molecule has 34 heavy (non-hydrogen) atoms. The van der Waals surface area contributed by atoms with E-state index >= 15 is 0 Å². The standard InChI is InChI=1S/C27H34N2O5/c1-3-28-16-18-33-23-13-6-4-10-21(23)11-8-9-15-27(26(28)31)20-29(17-19-34-27)25(30)22-12-5-7-14-24(22)32-2/h4-7,10,12-14H,3,8-9,11,15-20H2,1-2H3. The molecular formula is C27H34N2O5. The van der Waals surface area contributed by atoms with Gasteiger partial charge in [-0.05, 0) is 56.4 Å². The van der Waals surface area contributed by atoms with Crippen molar-refractivity contribution in [3.63, 3.8) is 0 Å². The highest BCUT2D eigenvalue weighted by atomic mass is 16.5. The summed E-state index contributed by atoms with van der Waals surface area (Å²) in [4.78, 5) is 30.8. The number of likely N-dealkylation sites (N-methyl/N-ethyl adjacent to an activating group) is 1. The molecule has 7 nitrogen and oxygen atoms in total. The molecule has 0 bridgehead atoms. The van der Waals surface area contributed by atoms with Crippen molar-refractivity contribution in [1.29, 1.82) is 0 Å². The Morgan fingerprint density at radius 1 is 1.06 bits per heavy atom. The summed E-state index contributed by atoms with van der Waals surface area (Å²) in [7, 11) is 1.56. The number of ether oxygens (including phenoxy) is 3. The lowest BCUT2D eigenvalue weighted by Crippen LogP contribution is -2.62. The smallest absolute Gasteiger partial charge is 0.257 e. The summed E-state index contributed by atoms with van der Waals surface area (Å²) in [5.41, 5.74) is 0.633. The molecule has 0 N–H and O–H groups in total. The Bertz CT molecular complexity index is 1010. The Morgan fingerprint density at radius 2 is 1.85 bits per heavy atom. The Balaban J connectivity index is 1.58. The van der Waals surface area contributed by atoms with E-state index in [-0.39, 0.29) is 18.4 Å². The minimum absolute atomic E-state index is 0.0648. The predicted molar refractivity (Wildman–Crippen MR) is 129 cm³/mol. The SMILES string of the molecule is CCN1CCOc2ccccc2CCCCC2(CN(C(=O)c3ccccc3OC)CCO2)C1=O. The van der Waals surface area contributed by atoms with Crippen molar-refractivity contribution in [2.24, 2.45) is 0 Å². The third-order valence-electron chi connectivity index (χ3n) is 6.74. The Hall–Kier alpha value is -3.06. The number of amides is 2. The number of methoxy groups -OCH3 is 1. The first-order chi connectivity index (χ1) is 16.6. The molecule has 2 amide bonds. The molecular weight excluding hydrogens is 432 g/mol. The number of hydrogen-bond acceptors (Lipinski definition) is 5. The highest BCUT2D eigenvalue weighted by Gasteiger charge is 2.46. The summed E-state index contributed by atoms with van der Waals surface area (Å²) >= 11 is 0. The number of fused-ring (bicyclic) bond motifs is 1. The van der Waals surface area contributed by atoms with E-state index in [0.29, 0.717) is 50.6 Å². The molecule has 2 aliphatic heterocycles. The molecule has 1 spiro atoms. The van der Waals surface area contributed by atoms with Crippen molar-refractivity contribution in [2.75, 3.05) is 46.5 Å². The maximum absolute atomic E-state index is 13.8. The number of morpholine rings is 1. The van der Waals surface area contributed by atoms with Crippen LogP contribution in [0.3, 0.4) is 0 Å². The zero-order valence-electron chi connectivity index (χ0n) is 20.1. The van der Waals surface area contributed by atoms with Gasteiger partial charge in [-0.2, -0.15) is 0 Å². The quantitative estimate of drug-likeness (QED) is 0.692. The lowest BCUT2D eigenvalue weighted by Gasteiger charge is -2.44. The average Bonchev–Trinajstić information content (AvgIpc) is 2.88. The van der Waals surface area contributed by atoms with E-state index in [1.54, 1.807) is 29.0 Å². The maximum atomic E-state index is 13.8. The number of carbonyl (C=O) groups excluding carboxylic acids is 2. The van der Waals surface area contributed by atoms with Crippen LogP contribution in [0.5, 0.6) is 11.5 Å². The molecule has 0 aliphatic carbocycles. The van der Waals surface area contributed by atoms with Crippen LogP contribution in [0.15, 0.2) is 48.5 Å². The van der Waals surface area contributed by atoms with Crippen LogP contribution in [0.4, 0.5) is 0 Å². The Morgan fingerprint density at radius 3 is 2.68 bits per heavy atom. The van der Waals surface area contributed by atoms with Crippen LogP contribution in [-0.2, 0) is 16.0 Å². The monoisotopic (exact) mass is 466 g/mol. The lowest BCUT2D eigenvalue weighted by atomic mass is 9.90. The summed E-state index contributed by atoms with van der Waals surface area (Å²) in [6, 6.07) is 15.3. The average molecular weight is 467 g/mol. The Kier molecular flexibility index (Phi) is 7.73. The summed E-state index contributed by atoms with van der Waals surface area (Å²) in [6.45, 7) is 4.39. The van der Waals surface area contributed by atoms with Crippen LogP contribution in [0, 0.1) is 0 Å². The molecule has 182 valence electrons. The minimum atomic E-state index is -1.05. The number of hydrogen-bond donors (Lipinski definition) is 0. The summed E-state index contributed by atoms with van der Waals surface area (Å²) in [6.07, 6.45) is 3.17. The Labute approximate surface area is 201 Å². The van der Waals surface area contributed by atoms with Gasteiger partial charge in [0.2, 0.25) is 0 Å². The topological polar surface area (TPSA) is 68.3 Å². The van der Waals surface area contributed by atoms with E-state index in [1.807, 2.05) is 37.3 Å². The van der Waals surface area contributed by atoms with Gasteiger partial charge in [0.1, 0.15) is 18.1 Å². The van der Waals surface area contributed by atoms with Gasteiger partial charge in [0, 0.05) is 13.1 Å². The molecule has 0 radical (unpaired) electrons. The predicted octanol–water partition coefficient (Wildman–Crippen LogP) is 3.56. The third kappa shape index (κ3) is 5.04. The van der Waals surface area contributed by atoms with Gasteiger partial charge in [-0.15, -0.1) is 0 Å². The van der Waals surface area contributed by atoms with Crippen molar-refractivity contribution in [3.05, 3.63) is 59.7 Å². The minimum Gasteiger partial charge on any atom is -0.496 e. The van der Waals surface area contributed by atoms with E-state index in [1.165, 1.54) is 5.56 Å². The second-order valence-corrected chi connectivity index (χ2v) is 8.82. The first kappa shape index (κ1) is 24.1. The summed E-state index contributed by atoms with van der Waals surface area (Å²) in [5.74, 6) is 1.22. The molecule has 1 atom stereocenters. The molecule has 0 saturated carbocycles. The lowest BCUT2D eigenvalue weighted by molar-refractivity contribution is -0.170. The first-order valence-electron chi connectivity index (χ1n) is 12.1. The highest BCUT2D eigenvalue weighted by molar-refractivity contribution is 5.97. The van der Waals surface area contributed by atoms with Gasteiger partial charge >= 0.3 is 0 Å². The molecule has 4 rings (SSSR count). The molecule has 2 aromatic rings. The van der Waals surface area contributed by atoms with Gasteiger partial charge in [0.05, 0.1) is 32.4 Å². The number of benzene rings is 2. The van der Waals surface area contributed by atoms with Gasteiger partial charge in [-0.1, -0.05) is 30.3 Å². The van der Waals surface area contributed by atoms with Crippen LogP contribution < -0.4 is 9.47 Å². The second kappa shape index (κ2) is 10.9. The number of aryl methyl sites for hydroxylation is 1. The van der Waals surface area contributed by atoms with Crippen molar-refractivity contribution < 1.29 is 23.8 Å². The van der Waals surface area contributed by atoms with E-state index in [4.69, 9.17) is 14.2 Å². The summed E-state index contributed by atoms with van der Waals surface area (Å²) < 4.78 is 17.7. The van der Waals surface area contributed by atoms with Crippen LogP contribution in [0.25, 0.3) is 0 Å². The fourth-order valence-electron chi connectivity index (χ4n) is 4.87. The van der Waals surface area contributed by atoms with Gasteiger partial charge in [-0.25, -0.2) is 0 Å². The van der Waals surface area contributed by atoms with Gasteiger partial charge < -0.3 is 24.0 Å². The zero-order chi connectivity index (χ0) is 24.0. The first-order valence-corrected chi connectivity index (χ1v) is 12.1. The maximum Gasteiger partial charge on any atom is 0.257 e. The third-order valence-corrected chi connectivity index (χ3v) is 6.74. The van der Waals surface area contributed by atoms with Crippen molar-refractivity contribution >= 4 is 11.8 Å². The molecule has 1 fully saturated rings. The van der Waals surface area contributed by atoms with Gasteiger partial charge in [-0.3, -0.25) is 9.59 Å². The molecule has 0 aromatic heterocycles. The molecule has 1 unspecified atom stereocenters. The number of carbonyl (C=O) groups is 2. The molecule has 2 aromatic carbocycles. The zero-order valence-corrected chi connectivity index (χ0v) is 20.1. The number of para-hydroxylation sites is 2. The van der Waals surface area contributed by atoms with Crippen molar-refractivity contribution in [2.45, 2.75) is 38.2 Å². The molecule has 7 heteroatoms. The van der Waals surface area contributed by atoms with Crippen LogP contribution in [-0.4, -0.2) is 73.7 Å².